The Hall–Kier alpha value is -1.18. The van der Waals surface area contributed by atoms with Crippen LogP contribution in [0.15, 0.2) is 6.20 Å². The number of aromatic nitrogens is 1. The molecular weight excluding hydrogens is 254 g/mol. The molecule has 4 N–H and O–H groups in total. The number of hydrogen-bond donors (Lipinski definition) is 3. The molecule has 0 aliphatic rings. The van der Waals surface area contributed by atoms with E-state index in [4.69, 9.17) is 15.6 Å². The fourth-order valence-electron chi connectivity index (χ4n) is 1.16. The summed E-state index contributed by atoms with van der Waals surface area (Å²) >= 11 is 1.33. The summed E-state index contributed by atoms with van der Waals surface area (Å²) in [5.74, 6) is 0. The molecule has 1 atom stereocenters. The summed E-state index contributed by atoms with van der Waals surface area (Å²) in [5.41, 5.74) is 5.34. The summed E-state index contributed by atoms with van der Waals surface area (Å²) in [6.45, 7) is 5.57. The smallest absolute Gasteiger partial charge is 0.407 e. The van der Waals surface area contributed by atoms with Gasteiger partial charge in [-0.1, -0.05) is 0 Å². The van der Waals surface area contributed by atoms with Crippen LogP contribution in [0.5, 0.6) is 0 Å². The van der Waals surface area contributed by atoms with Crippen LogP contribution in [0.3, 0.4) is 0 Å². The highest BCUT2D eigenvalue weighted by Crippen LogP contribution is 2.18. The molecule has 1 aromatic heterocycles. The highest BCUT2D eigenvalue weighted by atomic mass is 32.1. The van der Waals surface area contributed by atoms with E-state index in [1.54, 1.807) is 27.0 Å². The number of rotatable bonds is 4. The summed E-state index contributed by atoms with van der Waals surface area (Å²) in [4.78, 5) is 16.2. The predicted octanol–water partition coefficient (Wildman–Crippen LogP) is 1.16. The average Bonchev–Trinajstić information content (AvgIpc) is 2.72. The van der Waals surface area contributed by atoms with Crippen molar-refractivity contribution in [2.75, 3.05) is 6.54 Å². The minimum Gasteiger partial charge on any atom is -0.444 e. The number of carbonyl (C=O) groups excluding carboxylic acids is 1. The zero-order chi connectivity index (χ0) is 13.8. The van der Waals surface area contributed by atoms with Crippen LogP contribution in [0, 0.1) is 0 Å². The van der Waals surface area contributed by atoms with Gasteiger partial charge in [0.2, 0.25) is 0 Å². The van der Waals surface area contributed by atoms with Gasteiger partial charge >= 0.3 is 6.09 Å². The number of nitrogens with zero attached hydrogens (tertiary/aromatic N) is 1. The van der Waals surface area contributed by atoms with Gasteiger partial charge in [-0.3, -0.25) is 0 Å². The lowest BCUT2D eigenvalue weighted by Gasteiger charge is -2.20. The van der Waals surface area contributed by atoms with Gasteiger partial charge in [0, 0.05) is 12.7 Å². The van der Waals surface area contributed by atoms with E-state index < -0.39 is 17.7 Å². The molecule has 0 aliphatic carbocycles. The minimum atomic E-state index is -0.528. The molecule has 1 rings (SSSR count). The second-order valence-electron chi connectivity index (χ2n) is 4.81. The van der Waals surface area contributed by atoms with Crippen molar-refractivity contribution < 1.29 is 14.6 Å². The number of aliphatic hydroxyl groups is 1. The second-order valence-corrected chi connectivity index (χ2v) is 5.96. The standard InChI is InChI=1S/C11H19N3O3S/c1-11(2,3)17-10(16)14-5-8(12)9-13-4-7(6-15)18-9/h4,8,15H,5-6,12H2,1-3H3,(H,14,16)/t8-/m1/s1. The van der Waals surface area contributed by atoms with Crippen LogP contribution < -0.4 is 11.1 Å². The monoisotopic (exact) mass is 273 g/mol. The summed E-state index contributed by atoms with van der Waals surface area (Å²) in [5, 5.41) is 12.2. The van der Waals surface area contributed by atoms with Gasteiger partial charge in [-0.15, -0.1) is 11.3 Å². The molecule has 0 bridgehead atoms. The van der Waals surface area contributed by atoms with Crippen LogP contribution in [-0.2, 0) is 11.3 Å². The highest BCUT2D eigenvalue weighted by molar-refractivity contribution is 7.11. The lowest BCUT2D eigenvalue weighted by molar-refractivity contribution is 0.0524. The third-order valence-corrected chi connectivity index (χ3v) is 3.02. The first kappa shape index (κ1) is 14.9. The van der Waals surface area contributed by atoms with E-state index in [0.29, 0.717) is 5.01 Å². The van der Waals surface area contributed by atoms with E-state index in [1.807, 2.05) is 0 Å². The molecule has 102 valence electrons. The van der Waals surface area contributed by atoms with Gasteiger partial charge in [-0.05, 0) is 20.8 Å². The van der Waals surface area contributed by atoms with E-state index >= 15 is 0 Å². The lowest BCUT2D eigenvalue weighted by atomic mass is 10.2. The van der Waals surface area contributed by atoms with E-state index in [-0.39, 0.29) is 13.2 Å². The maximum Gasteiger partial charge on any atom is 0.407 e. The number of nitrogens with two attached hydrogens (primary N) is 1. The number of aliphatic hydroxyl groups excluding tert-OH is 1. The van der Waals surface area contributed by atoms with Crippen LogP contribution in [0.1, 0.15) is 36.7 Å². The first-order valence-electron chi connectivity index (χ1n) is 5.59. The molecule has 18 heavy (non-hydrogen) atoms. The van der Waals surface area contributed by atoms with Crippen molar-refractivity contribution in [3.63, 3.8) is 0 Å². The number of amides is 1. The molecule has 6 nitrogen and oxygen atoms in total. The van der Waals surface area contributed by atoms with Crippen LogP contribution in [0.25, 0.3) is 0 Å². The minimum absolute atomic E-state index is 0.0517. The summed E-state index contributed by atoms with van der Waals surface area (Å²) in [6, 6.07) is -0.400. The molecule has 0 aromatic carbocycles. The Balaban J connectivity index is 2.41. The maximum atomic E-state index is 11.4. The van der Waals surface area contributed by atoms with Gasteiger partial charge in [0.15, 0.2) is 0 Å². The third kappa shape index (κ3) is 4.99. The van der Waals surface area contributed by atoms with E-state index in [9.17, 15) is 4.79 Å². The molecule has 1 amide bonds. The molecule has 1 heterocycles. The zero-order valence-corrected chi connectivity index (χ0v) is 11.6. The topological polar surface area (TPSA) is 97.5 Å². The molecule has 0 aliphatic heterocycles. The molecule has 0 unspecified atom stereocenters. The molecule has 0 radical (unpaired) electrons. The fourth-order valence-corrected chi connectivity index (χ4v) is 1.94. The fraction of sp³-hybridized carbons (Fsp3) is 0.636. The zero-order valence-electron chi connectivity index (χ0n) is 10.8. The first-order valence-corrected chi connectivity index (χ1v) is 6.41. The quantitative estimate of drug-likeness (QED) is 0.764. The van der Waals surface area contributed by atoms with Gasteiger partial charge in [-0.25, -0.2) is 9.78 Å². The number of hydrogen-bond acceptors (Lipinski definition) is 6. The Bertz CT molecular complexity index is 400. The SMILES string of the molecule is CC(C)(C)OC(=O)NC[C@@H](N)c1ncc(CO)s1. The van der Waals surface area contributed by atoms with E-state index in [2.05, 4.69) is 10.3 Å². The van der Waals surface area contributed by atoms with E-state index in [1.165, 1.54) is 11.3 Å². The molecule has 7 heteroatoms. The van der Waals surface area contributed by atoms with Crippen molar-refractivity contribution in [2.45, 2.75) is 39.0 Å². The Morgan fingerprint density at radius 2 is 2.33 bits per heavy atom. The summed E-state index contributed by atoms with van der Waals surface area (Å²) < 4.78 is 5.09. The van der Waals surface area contributed by atoms with Gasteiger partial charge in [0.05, 0.1) is 17.5 Å². The van der Waals surface area contributed by atoms with Crippen LogP contribution in [0.2, 0.25) is 0 Å². The van der Waals surface area contributed by atoms with E-state index in [0.717, 1.165) is 4.88 Å². The van der Waals surface area contributed by atoms with Gasteiger partial charge in [0.1, 0.15) is 10.6 Å². The Morgan fingerprint density at radius 3 is 2.83 bits per heavy atom. The van der Waals surface area contributed by atoms with Crippen molar-refractivity contribution >= 4 is 17.4 Å². The third-order valence-electron chi connectivity index (χ3n) is 1.91. The summed E-state index contributed by atoms with van der Waals surface area (Å²) in [7, 11) is 0. The number of alkyl carbamates (subject to hydrolysis) is 1. The summed E-state index contributed by atoms with van der Waals surface area (Å²) in [6.07, 6.45) is 1.07. The average molecular weight is 273 g/mol. The predicted molar refractivity (Wildman–Crippen MR) is 69.2 cm³/mol. The van der Waals surface area contributed by atoms with Crippen molar-refractivity contribution in [1.82, 2.24) is 10.3 Å². The van der Waals surface area contributed by atoms with Crippen molar-refractivity contribution in [2.24, 2.45) is 5.73 Å². The molecule has 0 saturated heterocycles. The van der Waals surface area contributed by atoms with Crippen molar-refractivity contribution in [1.29, 1.82) is 0 Å². The normalized spacial score (nSPS) is 13.2. The van der Waals surface area contributed by atoms with Gasteiger partial charge in [-0.2, -0.15) is 0 Å². The first-order chi connectivity index (χ1) is 8.31. The molecule has 1 aromatic rings. The number of ether oxygens (including phenoxy) is 1. The number of nitrogens with one attached hydrogen (secondary N) is 1. The van der Waals surface area contributed by atoms with Crippen LogP contribution in [-0.4, -0.2) is 28.3 Å². The Kier molecular flexibility index (Phi) is 5.06. The molecule has 0 fully saturated rings. The van der Waals surface area contributed by atoms with Crippen molar-refractivity contribution in [3.05, 3.63) is 16.1 Å². The molecule has 0 spiro atoms. The second kappa shape index (κ2) is 6.12. The molecular formula is C11H19N3O3S. The molecule has 0 saturated carbocycles. The lowest BCUT2D eigenvalue weighted by Crippen LogP contribution is -2.36. The maximum absolute atomic E-state index is 11.4. The number of thiazole rings is 1. The van der Waals surface area contributed by atoms with Crippen molar-refractivity contribution in [3.8, 4) is 0 Å². The van der Waals surface area contributed by atoms with Crippen LogP contribution in [0.4, 0.5) is 4.79 Å². The number of carbonyl (C=O) groups is 1. The Labute approximate surface area is 110 Å². The van der Waals surface area contributed by atoms with Gasteiger partial charge < -0.3 is 20.9 Å². The Morgan fingerprint density at radius 1 is 1.67 bits per heavy atom. The highest BCUT2D eigenvalue weighted by Gasteiger charge is 2.17. The van der Waals surface area contributed by atoms with Crippen LogP contribution >= 0.6 is 11.3 Å². The largest absolute Gasteiger partial charge is 0.444 e. The van der Waals surface area contributed by atoms with Gasteiger partial charge in [0.25, 0.3) is 0 Å².